The Bertz CT molecular complexity index is 725. The predicted molar refractivity (Wildman–Crippen MR) is 95.2 cm³/mol. The molecule has 0 atom stereocenters. The molecule has 0 unspecified atom stereocenters. The Balaban J connectivity index is 2.64. The van der Waals surface area contributed by atoms with E-state index in [-0.39, 0.29) is 12.0 Å². The fourth-order valence-corrected chi connectivity index (χ4v) is 2.31. The van der Waals surface area contributed by atoms with Crippen LogP contribution in [0.4, 0.5) is 11.5 Å². The van der Waals surface area contributed by atoms with Gasteiger partial charge in [0.15, 0.2) is 5.82 Å². The van der Waals surface area contributed by atoms with E-state index in [1.807, 2.05) is 33.9 Å². The monoisotopic (exact) mass is 333 g/mol. The number of aryl methyl sites for hydroxylation is 1. The molecule has 0 aromatic carbocycles. The summed E-state index contributed by atoms with van der Waals surface area (Å²) in [5.41, 5.74) is 6.75. The van der Waals surface area contributed by atoms with Crippen molar-refractivity contribution in [3.8, 4) is 11.4 Å². The van der Waals surface area contributed by atoms with Crippen molar-refractivity contribution in [1.82, 2.24) is 19.7 Å². The van der Waals surface area contributed by atoms with Gasteiger partial charge in [-0.15, -0.1) is 0 Å². The number of rotatable bonds is 4. The maximum atomic E-state index is 10.0. The Morgan fingerprint density at radius 1 is 1.21 bits per heavy atom. The zero-order valence-electron chi connectivity index (χ0n) is 15.2. The van der Waals surface area contributed by atoms with E-state index >= 15 is 0 Å². The molecule has 0 saturated heterocycles. The molecule has 8 heteroatoms. The van der Waals surface area contributed by atoms with E-state index in [1.165, 1.54) is 5.01 Å². The highest BCUT2D eigenvalue weighted by molar-refractivity contribution is 5.79. The average molecular weight is 333 g/mol. The molecule has 2 rings (SSSR count). The van der Waals surface area contributed by atoms with Gasteiger partial charge in [-0.05, 0) is 19.9 Å². The zero-order valence-corrected chi connectivity index (χ0v) is 15.2. The highest BCUT2D eigenvalue weighted by atomic mass is 16.3. The van der Waals surface area contributed by atoms with E-state index < -0.39 is 5.60 Å². The molecule has 8 nitrogen and oxygen atoms in total. The van der Waals surface area contributed by atoms with E-state index in [4.69, 9.17) is 11.6 Å². The molecule has 0 amide bonds. The van der Waals surface area contributed by atoms with Crippen molar-refractivity contribution in [1.29, 1.82) is 0 Å². The standard InChI is InChI=1S/C16H27N7O/c1-15(2,3)14-20-12(10-7-8-19-22(10)6)11(17)13(21-14)23(18)9-16(4,5)24/h7-8,24H,9,17-18H2,1-6H3. The van der Waals surface area contributed by atoms with Crippen LogP contribution in [0.3, 0.4) is 0 Å². The number of hydrazine groups is 1. The summed E-state index contributed by atoms with van der Waals surface area (Å²) in [5.74, 6) is 7.15. The van der Waals surface area contributed by atoms with Crippen molar-refractivity contribution < 1.29 is 5.11 Å². The topological polar surface area (TPSA) is 119 Å². The molecule has 24 heavy (non-hydrogen) atoms. The molecule has 0 aliphatic rings. The Kier molecular flexibility index (Phi) is 4.56. The molecule has 2 aromatic rings. The minimum Gasteiger partial charge on any atom is -0.394 e. The summed E-state index contributed by atoms with van der Waals surface area (Å²) in [5, 5.41) is 15.6. The van der Waals surface area contributed by atoms with Crippen LogP contribution in [0.15, 0.2) is 12.3 Å². The zero-order chi connectivity index (χ0) is 18.3. The van der Waals surface area contributed by atoms with Crippen LogP contribution in [0.5, 0.6) is 0 Å². The molecular weight excluding hydrogens is 306 g/mol. The normalized spacial score (nSPS) is 12.5. The lowest BCUT2D eigenvalue weighted by atomic mass is 9.95. The highest BCUT2D eigenvalue weighted by Gasteiger charge is 2.26. The summed E-state index contributed by atoms with van der Waals surface area (Å²) in [6.45, 7) is 9.60. The van der Waals surface area contributed by atoms with Gasteiger partial charge in [0.1, 0.15) is 17.2 Å². The van der Waals surface area contributed by atoms with E-state index in [0.29, 0.717) is 23.0 Å². The van der Waals surface area contributed by atoms with Crippen LogP contribution in [0.2, 0.25) is 0 Å². The lowest BCUT2D eigenvalue weighted by Crippen LogP contribution is -2.44. The largest absolute Gasteiger partial charge is 0.394 e. The van der Waals surface area contributed by atoms with Crippen LogP contribution >= 0.6 is 0 Å². The van der Waals surface area contributed by atoms with Gasteiger partial charge in [0, 0.05) is 18.7 Å². The molecule has 0 radical (unpaired) electrons. The summed E-state index contributed by atoms with van der Waals surface area (Å²) >= 11 is 0. The van der Waals surface area contributed by atoms with Gasteiger partial charge < -0.3 is 10.8 Å². The van der Waals surface area contributed by atoms with Gasteiger partial charge in [-0.2, -0.15) is 5.10 Å². The molecule has 0 fully saturated rings. The molecule has 2 aromatic heterocycles. The number of aromatic nitrogens is 4. The van der Waals surface area contributed by atoms with Crippen molar-refractivity contribution in [2.45, 2.75) is 45.6 Å². The van der Waals surface area contributed by atoms with Crippen LogP contribution in [0.1, 0.15) is 40.4 Å². The summed E-state index contributed by atoms with van der Waals surface area (Å²) in [6, 6.07) is 1.84. The lowest BCUT2D eigenvalue weighted by molar-refractivity contribution is 0.0872. The number of aliphatic hydroxyl groups is 1. The van der Waals surface area contributed by atoms with Crippen molar-refractivity contribution in [2.75, 3.05) is 17.3 Å². The molecule has 0 aliphatic heterocycles. The SMILES string of the molecule is Cn1nccc1-c1nc(C(C)(C)C)nc(N(N)CC(C)(C)O)c1N. The first-order chi connectivity index (χ1) is 10.9. The van der Waals surface area contributed by atoms with E-state index in [9.17, 15) is 5.11 Å². The maximum absolute atomic E-state index is 10.0. The summed E-state index contributed by atoms with van der Waals surface area (Å²) < 4.78 is 1.70. The summed E-state index contributed by atoms with van der Waals surface area (Å²) in [7, 11) is 1.82. The number of nitrogens with zero attached hydrogens (tertiary/aromatic N) is 5. The van der Waals surface area contributed by atoms with Crippen molar-refractivity contribution in [2.24, 2.45) is 12.9 Å². The van der Waals surface area contributed by atoms with Crippen LogP contribution in [0.25, 0.3) is 11.4 Å². The molecule has 2 heterocycles. The Hall–Kier alpha value is -2.19. The molecule has 0 saturated carbocycles. The first-order valence-corrected chi connectivity index (χ1v) is 7.81. The Labute approximate surface area is 142 Å². The Morgan fingerprint density at radius 2 is 1.83 bits per heavy atom. The highest BCUT2D eigenvalue weighted by Crippen LogP contribution is 2.33. The molecule has 0 bridgehead atoms. The second-order valence-electron chi connectivity index (χ2n) is 7.66. The van der Waals surface area contributed by atoms with Crippen LogP contribution in [-0.2, 0) is 12.5 Å². The number of nitrogen functional groups attached to an aromatic ring is 1. The third-order valence-electron chi connectivity index (χ3n) is 3.49. The summed E-state index contributed by atoms with van der Waals surface area (Å²) in [6.07, 6.45) is 1.68. The third kappa shape index (κ3) is 3.82. The molecule has 5 N–H and O–H groups in total. The van der Waals surface area contributed by atoms with Crippen LogP contribution < -0.4 is 16.6 Å². The molecular formula is C16H27N7O. The first-order valence-electron chi connectivity index (χ1n) is 7.81. The lowest BCUT2D eigenvalue weighted by Gasteiger charge is -2.28. The number of hydrogen-bond acceptors (Lipinski definition) is 7. The van der Waals surface area contributed by atoms with Gasteiger partial charge in [-0.1, -0.05) is 20.8 Å². The molecule has 0 aliphatic carbocycles. The van der Waals surface area contributed by atoms with Crippen molar-refractivity contribution in [3.63, 3.8) is 0 Å². The fraction of sp³-hybridized carbons (Fsp3) is 0.562. The van der Waals surface area contributed by atoms with E-state index in [0.717, 1.165) is 5.69 Å². The first kappa shape index (κ1) is 18.2. The van der Waals surface area contributed by atoms with Crippen LogP contribution in [0, 0.1) is 0 Å². The van der Waals surface area contributed by atoms with E-state index in [2.05, 4.69) is 15.1 Å². The molecule has 0 spiro atoms. The quantitative estimate of drug-likeness (QED) is 0.568. The second kappa shape index (κ2) is 6.03. The van der Waals surface area contributed by atoms with Gasteiger partial charge in [0.05, 0.1) is 17.8 Å². The van der Waals surface area contributed by atoms with Gasteiger partial charge in [0.2, 0.25) is 0 Å². The maximum Gasteiger partial charge on any atom is 0.170 e. The third-order valence-corrected chi connectivity index (χ3v) is 3.49. The van der Waals surface area contributed by atoms with Gasteiger partial charge >= 0.3 is 0 Å². The average Bonchev–Trinajstić information content (AvgIpc) is 2.81. The Morgan fingerprint density at radius 3 is 2.29 bits per heavy atom. The second-order valence-corrected chi connectivity index (χ2v) is 7.66. The van der Waals surface area contributed by atoms with Gasteiger partial charge in [-0.25, -0.2) is 15.8 Å². The predicted octanol–water partition coefficient (Wildman–Crippen LogP) is 1.21. The minimum atomic E-state index is -0.985. The van der Waals surface area contributed by atoms with Crippen molar-refractivity contribution in [3.05, 3.63) is 18.1 Å². The van der Waals surface area contributed by atoms with Crippen molar-refractivity contribution >= 4 is 11.5 Å². The van der Waals surface area contributed by atoms with Gasteiger partial charge in [0.25, 0.3) is 0 Å². The molecule has 132 valence electrons. The number of anilines is 2. The smallest absolute Gasteiger partial charge is 0.170 e. The fourth-order valence-electron chi connectivity index (χ4n) is 2.31. The number of hydrogen-bond donors (Lipinski definition) is 3. The van der Waals surface area contributed by atoms with Gasteiger partial charge in [-0.3, -0.25) is 9.69 Å². The number of nitrogens with two attached hydrogens (primary N) is 2. The minimum absolute atomic E-state index is 0.183. The van der Waals surface area contributed by atoms with E-state index in [1.54, 1.807) is 24.7 Å². The summed E-state index contributed by atoms with van der Waals surface area (Å²) in [4.78, 5) is 9.20. The van der Waals surface area contributed by atoms with Crippen LogP contribution in [-0.4, -0.2) is 37.0 Å².